The molecule has 1 N–H and O–H groups in total. The normalized spacial score (nSPS) is 17.6. The molecule has 6 heteroatoms. The second kappa shape index (κ2) is 10.9. The van der Waals surface area contributed by atoms with E-state index >= 15 is 0 Å². The molecule has 1 amide bonds. The highest BCUT2D eigenvalue weighted by Gasteiger charge is 2.50. The first-order valence-electron chi connectivity index (χ1n) is 10.5. The lowest BCUT2D eigenvalue weighted by Gasteiger charge is -2.31. The Labute approximate surface area is 182 Å². The zero-order chi connectivity index (χ0) is 21.4. The molecule has 0 bridgehead atoms. The number of ether oxygens (including phenoxy) is 1. The van der Waals surface area contributed by atoms with Crippen LogP contribution in [-0.4, -0.2) is 35.1 Å². The molecule has 29 heavy (non-hydrogen) atoms. The summed E-state index contributed by atoms with van der Waals surface area (Å²) in [5, 5.41) is 2.87. The first kappa shape index (κ1) is 23.6. The minimum absolute atomic E-state index is 0.0758. The molecule has 160 valence electrons. The topological polar surface area (TPSA) is 72.5 Å². The van der Waals surface area contributed by atoms with Crippen LogP contribution in [0.5, 0.6) is 0 Å². The Balaban J connectivity index is 2.17. The van der Waals surface area contributed by atoms with Crippen molar-refractivity contribution in [1.29, 1.82) is 0 Å². The summed E-state index contributed by atoms with van der Waals surface area (Å²) in [7, 11) is 0. The van der Waals surface area contributed by atoms with Gasteiger partial charge in [-0.15, -0.1) is 0 Å². The number of esters is 1. The Kier molecular flexibility index (Phi) is 8.87. The molecule has 0 unspecified atom stereocenters. The third-order valence-corrected chi connectivity index (χ3v) is 7.11. The molecule has 1 fully saturated rings. The average Bonchev–Trinajstić information content (AvgIpc) is 3.21. The molecule has 0 spiro atoms. The number of amides is 1. The van der Waals surface area contributed by atoms with Crippen molar-refractivity contribution in [1.82, 2.24) is 5.32 Å². The van der Waals surface area contributed by atoms with Gasteiger partial charge >= 0.3 is 5.97 Å². The number of ketones is 1. The van der Waals surface area contributed by atoms with Crippen molar-refractivity contribution in [2.24, 2.45) is 11.3 Å². The zero-order valence-electron chi connectivity index (χ0n) is 17.6. The largest absolute Gasteiger partial charge is 0.464 e. The van der Waals surface area contributed by atoms with E-state index in [9.17, 15) is 14.4 Å². The van der Waals surface area contributed by atoms with Crippen LogP contribution in [0.2, 0.25) is 0 Å². The highest BCUT2D eigenvalue weighted by atomic mass is 79.9. The summed E-state index contributed by atoms with van der Waals surface area (Å²) in [6.07, 6.45) is 3.80. The Bertz CT molecular complexity index is 698. The summed E-state index contributed by atoms with van der Waals surface area (Å²) in [4.78, 5) is 38.6. The predicted molar refractivity (Wildman–Crippen MR) is 117 cm³/mol. The van der Waals surface area contributed by atoms with Crippen LogP contribution < -0.4 is 5.32 Å². The van der Waals surface area contributed by atoms with Crippen molar-refractivity contribution in [3.63, 3.8) is 0 Å². The third kappa shape index (κ3) is 5.91. The molecule has 1 aliphatic carbocycles. The van der Waals surface area contributed by atoms with Gasteiger partial charge in [0.15, 0.2) is 5.78 Å². The maximum Gasteiger partial charge on any atom is 0.328 e. The van der Waals surface area contributed by atoms with Crippen molar-refractivity contribution in [3.05, 3.63) is 35.9 Å². The fraction of sp³-hybridized carbons (Fsp3) is 0.609. The van der Waals surface area contributed by atoms with Gasteiger partial charge < -0.3 is 10.1 Å². The number of carbonyl (C=O) groups excluding carboxylic acids is 3. The van der Waals surface area contributed by atoms with Gasteiger partial charge in [-0.25, -0.2) is 4.79 Å². The Hall–Kier alpha value is -1.69. The van der Waals surface area contributed by atoms with E-state index in [1.54, 1.807) is 6.92 Å². The van der Waals surface area contributed by atoms with E-state index in [4.69, 9.17) is 4.74 Å². The fourth-order valence-corrected chi connectivity index (χ4v) is 4.31. The van der Waals surface area contributed by atoms with E-state index in [1.807, 2.05) is 44.2 Å². The molecule has 2 atom stereocenters. The molecule has 0 radical (unpaired) electrons. The Morgan fingerprint density at radius 2 is 1.76 bits per heavy atom. The number of carbonyl (C=O) groups is 3. The molecule has 1 aliphatic rings. The number of aryl methyl sites for hydroxylation is 1. The highest BCUT2D eigenvalue weighted by Crippen LogP contribution is 2.42. The van der Waals surface area contributed by atoms with E-state index in [0.29, 0.717) is 25.7 Å². The molecule has 1 aromatic carbocycles. The van der Waals surface area contributed by atoms with Gasteiger partial charge in [-0.1, -0.05) is 73.0 Å². The number of alkyl halides is 1. The molecular weight excluding hydrogens is 434 g/mol. The quantitative estimate of drug-likeness (QED) is 0.319. The van der Waals surface area contributed by atoms with E-state index in [1.165, 1.54) is 0 Å². The van der Waals surface area contributed by atoms with Crippen molar-refractivity contribution in [2.75, 3.05) is 6.61 Å². The maximum atomic E-state index is 13.3. The molecule has 2 rings (SSSR count). The van der Waals surface area contributed by atoms with Crippen LogP contribution in [0, 0.1) is 11.3 Å². The fourth-order valence-electron chi connectivity index (χ4n) is 3.87. The van der Waals surface area contributed by atoms with Gasteiger partial charge in [0.2, 0.25) is 5.91 Å². The van der Waals surface area contributed by atoms with Crippen LogP contribution in [-0.2, 0) is 25.5 Å². The molecule has 1 saturated carbocycles. The second-order valence-electron chi connectivity index (χ2n) is 8.10. The monoisotopic (exact) mass is 465 g/mol. The molecule has 5 nitrogen and oxygen atoms in total. The molecular formula is C23H32BrNO4. The lowest BCUT2D eigenvalue weighted by Crippen LogP contribution is -2.53. The van der Waals surface area contributed by atoms with E-state index < -0.39 is 17.4 Å². The number of Topliss-reactive ketones (excluding diaryl/α,β-unsaturated/α-hetero) is 1. The summed E-state index contributed by atoms with van der Waals surface area (Å²) in [5.41, 5.74) is 0.0265. The number of hydrogen-bond donors (Lipinski definition) is 1. The second-order valence-corrected chi connectivity index (χ2v) is 9.09. The van der Waals surface area contributed by atoms with Crippen LogP contribution in [0.15, 0.2) is 30.3 Å². The third-order valence-electron chi connectivity index (χ3n) is 5.64. The molecule has 0 aliphatic heterocycles. The van der Waals surface area contributed by atoms with Gasteiger partial charge in [-0.3, -0.25) is 9.59 Å². The summed E-state index contributed by atoms with van der Waals surface area (Å²) in [6.45, 7) is 5.91. The van der Waals surface area contributed by atoms with Crippen LogP contribution in [0.1, 0.15) is 58.4 Å². The number of rotatable bonds is 10. The maximum absolute atomic E-state index is 13.3. The molecule has 0 heterocycles. The summed E-state index contributed by atoms with van der Waals surface area (Å²) in [6, 6.07) is 9.05. The number of halogens is 1. The van der Waals surface area contributed by atoms with E-state index in [-0.39, 0.29) is 29.0 Å². The van der Waals surface area contributed by atoms with Crippen LogP contribution in [0.3, 0.4) is 0 Å². The Morgan fingerprint density at radius 3 is 2.31 bits per heavy atom. The van der Waals surface area contributed by atoms with Crippen LogP contribution in [0.25, 0.3) is 0 Å². The lowest BCUT2D eigenvalue weighted by atomic mass is 9.77. The minimum Gasteiger partial charge on any atom is -0.464 e. The van der Waals surface area contributed by atoms with Gasteiger partial charge in [0, 0.05) is 0 Å². The number of hydrogen-bond acceptors (Lipinski definition) is 4. The zero-order valence-corrected chi connectivity index (χ0v) is 19.2. The van der Waals surface area contributed by atoms with E-state index in [0.717, 1.165) is 18.4 Å². The van der Waals surface area contributed by atoms with Gasteiger partial charge in [-0.05, 0) is 44.1 Å². The lowest BCUT2D eigenvalue weighted by molar-refractivity contribution is -0.151. The minimum atomic E-state index is -1.06. The van der Waals surface area contributed by atoms with Crippen LogP contribution in [0.4, 0.5) is 0 Å². The number of benzene rings is 1. The Morgan fingerprint density at radius 1 is 1.14 bits per heavy atom. The summed E-state index contributed by atoms with van der Waals surface area (Å²) < 4.78 is 5.19. The summed E-state index contributed by atoms with van der Waals surface area (Å²) >= 11 is 3.48. The first-order valence-corrected chi connectivity index (χ1v) is 11.4. The SMILES string of the molecule is CCOC(=O)[C@H](CCc1ccccc1)NC(=O)C1(C(=O)[C@H](Br)C(C)C)CCCC1. The van der Waals surface area contributed by atoms with E-state index in [2.05, 4.69) is 21.2 Å². The average molecular weight is 466 g/mol. The molecule has 0 aromatic heterocycles. The highest BCUT2D eigenvalue weighted by molar-refractivity contribution is 9.10. The van der Waals surface area contributed by atoms with Gasteiger partial charge in [0.1, 0.15) is 11.5 Å². The van der Waals surface area contributed by atoms with Crippen LogP contribution >= 0.6 is 15.9 Å². The molecule has 0 saturated heterocycles. The van der Waals surface area contributed by atoms with Crippen molar-refractivity contribution >= 4 is 33.6 Å². The van der Waals surface area contributed by atoms with Crippen molar-refractivity contribution < 1.29 is 19.1 Å². The van der Waals surface area contributed by atoms with Gasteiger partial charge in [-0.2, -0.15) is 0 Å². The standard InChI is InChI=1S/C23H32BrNO4/c1-4-29-21(27)18(13-12-17-10-6-5-7-11-17)25-22(28)23(14-8-9-15-23)20(26)19(24)16(2)3/h5-7,10-11,16,18-19H,4,8-9,12-15H2,1-3H3,(H,25,28)/t18-,19+/m0/s1. The van der Waals surface area contributed by atoms with Gasteiger partial charge in [0.05, 0.1) is 11.4 Å². The first-order chi connectivity index (χ1) is 13.8. The van der Waals surface area contributed by atoms with Crippen molar-refractivity contribution in [2.45, 2.75) is 70.2 Å². The smallest absolute Gasteiger partial charge is 0.328 e. The van der Waals surface area contributed by atoms with Gasteiger partial charge in [0.25, 0.3) is 0 Å². The summed E-state index contributed by atoms with van der Waals surface area (Å²) in [5.74, 6) is -0.771. The predicted octanol–water partition coefficient (Wildman–Crippen LogP) is 4.22. The molecule has 1 aromatic rings. The van der Waals surface area contributed by atoms with Crippen molar-refractivity contribution in [3.8, 4) is 0 Å². The number of nitrogens with one attached hydrogen (secondary N) is 1.